The zero-order valence-electron chi connectivity index (χ0n) is 9.06. The summed E-state index contributed by atoms with van der Waals surface area (Å²) in [7, 11) is -1.29. The molecule has 2 heteroatoms. The molecule has 74 valence electrons. The van der Waals surface area contributed by atoms with E-state index in [1.54, 1.807) is 0 Å². The molecule has 0 fully saturated rings. The van der Waals surface area contributed by atoms with Crippen molar-refractivity contribution in [2.24, 2.45) is 0 Å². The van der Waals surface area contributed by atoms with Gasteiger partial charge in [0.05, 0.1) is 8.07 Å². The highest BCUT2D eigenvalue weighted by Crippen LogP contribution is 2.20. The van der Waals surface area contributed by atoms with Crippen molar-refractivity contribution in [2.45, 2.75) is 64.4 Å². The lowest BCUT2D eigenvalue weighted by atomic mass is 10.3. The van der Waals surface area contributed by atoms with Crippen LogP contribution < -0.4 is 0 Å². The molecule has 0 rings (SSSR count). The van der Waals surface area contributed by atoms with Crippen molar-refractivity contribution in [3.8, 4) is 0 Å². The van der Waals surface area contributed by atoms with Gasteiger partial charge in [0.15, 0.2) is 0 Å². The van der Waals surface area contributed by atoms with Crippen LogP contribution in [0.1, 0.15) is 39.5 Å². The van der Waals surface area contributed by atoms with Gasteiger partial charge in [0.1, 0.15) is 0 Å². The summed E-state index contributed by atoms with van der Waals surface area (Å²) < 4.78 is 0. The molecule has 1 unspecified atom stereocenters. The Morgan fingerprint density at radius 1 is 1.17 bits per heavy atom. The second-order valence-electron chi connectivity index (χ2n) is 4.40. The minimum Gasteiger partial charge on any atom is -0.397 e. The Morgan fingerprint density at radius 2 is 1.75 bits per heavy atom. The molecule has 0 heterocycles. The summed E-state index contributed by atoms with van der Waals surface area (Å²) >= 11 is 0. The lowest BCUT2D eigenvalue weighted by Crippen LogP contribution is -2.41. The van der Waals surface area contributed by atoms with Crippen molar-refractivity contribution in [1.29, 1.82) is 0 Å². The lowest BCUT2D eigenvalue weighted by molar-refractivity contribution is 0.228. The van der Waals surface area contributed by atoms with Crippen LogP contribution in [0.3, 0.4) is 0 Å². The predicted molar refractivity (Wildman–Crippen MR) is 58.1 cm³/mol. The van der Waals surface area contributed by atoms with Crippen LogP contribution in [-0.4, -0.2) is 18.9 Å². The molecular weight excluding hydrogens is 164 g/mol. The van der Waals surface area contributed by atoms with Gasteiger partial charge in [-0.05, 0) is 6.42 Å². The van der Waals surface area contributed by atoms with Gasteiger partial charge < -0.3 is 5.11 Å². The van der Waals surface area contributed by atoms with Gasteiger partial charge in [-0.15, -0.1) is 0 Å². The largest absolute Gasteiger partial charge is 0.397 e. The van der Waals surface area contributed by atoms with E-state index in [0.29, 0.717) is 0 Å². The zero-order chi connectivity index (χ0) is 9.61. The van der Waals surface area contributed by atoms with Crippen molar-refractivity contribution in [1.82, 2.24) is 0 Å². The van der Waals surface area contributed by atoms with E-state index in [0.717, 1.165) is 6.42 Å². The maximum atomic E-state index is 9.90. The Bertz CT molecular complexity index is 112. The van der Waals surface area contributed by atoms with E-state index < -0.39 is 8.07 Å². The molecule has 0 radical (unpaired) electrons. The van der Waals surface area contributed by atoms with Crippen LogP contribution in [0.2, 0.25) is 19.1 Å². The fourth-order valence-electron chi connectivity index (χ4n) is 1.60. The quantitative estimate of drug-likeness (QED) is 0.635. The maximum absolute atomic E-state index is 9.90. The van der Waals surface area contributed by atoms with E-state index in [1.807, 2.05) is 0 Å². The van der Waals surface area contributed by atoms with Crippen molar-refractivity contribution < 1.29 is 5.11 Å². The van der Waals surface area contributed by atoms with Gasteiger partial charge in [0.25, 0.3) is 0 Å². The lowest BCUT2D eigenvalue weighted by Gasteiger charge is -2.27. The van der Waals surface area contributed by atoms with Crippen LogP contribution in [0, 0.1) is 0 Å². The molecular formula is C10H24OSi. The number of rotatable bonds is 6. The summed E-state index contributed by atoms with van der Waals surface area (Å²) in [5.41, 5.74) is 0.0254. The molecule has 1 atom stereocenters. The van der Waals surface area contributed by atoms with Gasteiger partial charge in [-0.3, -0.25) is 0 Å². The number of aliphatic hydroxyl groups excluding tert-OH is 1. The highest BCUT2D eigenvalue weighted by molar-refractivity contribution is 6.78. The van der Waals surface area contributed by atoms with Crippen LogP contribution in [0.4, 0.5) is 0 Å². The van der Waals surface area contributed by atoms with E-state index >= 15 is 0 Å². The standard InChI is InChI=1S/C10H24OSi/c1-5-7-8-10(11)12(3,4)9-6-2/h10-11H,5-9H2,1-4H3. The van der Waals surface area contributed by atoms with Crippen LogP contribution in [0.5, 0.6) is 0 Å². The van der Waals surface area contributed by atoms with Crippen molar-refractivity contribution in [3.05, 3.63) is 0 Å². The summed E-state index contributed by atoms with van der Waals surface area (Å²) in [6.07, 6.45) is 4.63. The van der Waals surface area contributed by atoms with Crippen LogP contribution in [0.15, 0.2) is 0 Å². The first kappa shape index (κ1) is 12.2. The molecule has 1 nitrogen and oxygen atoms in total. The predicted octanol–water partition coefficient (Wildman–Crippen LogP) is 3.20. The van der Waals surface area contributed by atoms with Gasteiger partial charge in [-0.1, -0.05) is 52.2 Å². The van der Waals surface area contributed by atoms with Crippen molar-refractivity contribution in [2.75, 3.05) is 0 Å². The Kier molecular flexibility index (Phi) is 5.84. The van der Waals surface area contributed by atoms with E-state index in [9.17, 15) is 5.11 Å². The fraction of sp³-hybridized carbons (Fsp3) is 1.00. The number of hydrogen-bond acceptors (Lipinski definition) is 1. The first-order valence-electron chi connectivity index (χ1n) is 5.22. The third kappa shape index (κ3) is 4.26. The highest BCUT2D eigenvalue weighted by atomic mass is 28.3. The minimum absolute atomic E-state index is 0.0254. The summed E-state index contributed by atoms with van der Waals surface area (Å²) in [5.74, 6) is 0. The van der Waals surface area contributed by atoms with Crippen LogP contribution in [0.25, 0.3) is 0 Å². The van der Waals surface area contributed by atoms with E-state index in [1.165, 1.54) is 25.3 Å². The molecule has 0 aliphatic heterocycles. The second kappa shape index (κ2) is 5.76. The first-order chi connectivity index (χ1) is 5.54. The third-order valence-corrected chi connectivity index (χ3v) is 6.51. The molecule has 0 aliphatic carbocycles. The molecule has 0 aliphatic rings. The highest BCUT2D eigenvalue weighted by Gasteiger charge is 2.28. The van der Waals surface area contributed by atoms with Gasteiger partial charge >= 0.3 is 0 Å². The van der Waals surface area contributed by atoms with Crippen LogP contribution in [-0.2, 0) is 0 Å². The van der Waals surface area contributed by atoms with Crippen molar-refractivity contribution in [3.63, 3.8) is 0 Å². The fourth-order valence-corrected chi connectivity index (χ4v) is 4.21. The second-order valence-corrected chi connectivity index (χ2v) is 9.54. The first-order valence-corrected chi connectivity index (χ1v) is 8.51. The molecule has 0 saturated heterocycles. The SMILES string of the molecule is CCCCC(O)[Si](C)(C)CCC. The van der Waals surface area contributed by atoms with E-state index in [4.69, 9.17) is 0 Å². The van der Waals surface area contributed by atoms with Gasteiger partial charge in [-0.2, -0.15) is 0 Å². The molecule has 0 aromatic heterocycles. The van der Waals surface area contributed by atoms with E-state index in [2.05, 4.69) is 26.9 Å². The average molecular weight is 188 g/mol. The van der Waals surface area contributed by atoms with Gasteiger partial charge in [-0.25, -0.2) is 0 Å². The normalized spacial score (nSPS) is 14.8. The van der Waals surface area contributed by atoms with Gasteiger partial charge in [0, 0.05) is 5.73 Å². The Balaban J connectivity index is 3.79. The number of aliphatic hydroxyl groups is 1. The molecule has 0 aromatic carbocycles. The summed E-state index contributed by atoms with van der Waals surface area (Å²) in [6.45, 7) is 9.00. The summed E-state index contributed by atoms with van der Waals surface area (Å²) in [5, 5.41) is 9.90. The smallest absolute Gasteiger partial charge is 0.0811 e. The van der Waals surface area contributed by atoms with Crippen molar-refractivity contribution >= 4 is 8.07 Å². The molecule has 12 heavy (non-hydrogen) atoms. The molecule has 0 aromatic rings. The summed E-state index contributed by atoms with van der Waals surface area (Å²) in [6, 6.07) is 1.26. The Labute approximate surface area is 78.2 Å². The Hall–Kier alpha value is 0.177. The molecule has 0 saturated carbocycles. The zero-order valence-corrected chi connectivity index (χ0v) is 10.1. The van der Waals surface area contributed by atoms with E-state index in [-0.39, 0.29) is 5.73 Å². The molecule has 0 bridgehead atoms. The molecule has 1 N–H and O–H groups in total. The summed E-state index contributed by atoms with van der Waals surface area (Å²) in [4.78, 5) is 0. The monoisotopic (exact) mass is 188 g/mol. The topological polar surface area (TPSA) is 20.2 Å². The van der Waals surface area contributed by atoms with Gasteiger partial charge in [0.2, 0.25) is 0 Å². The van der Waals surface area contributed by atoms with Crippen LogP contribution >= 0.6 is 0 Å². The number of hydrogen-bond donors (Lipinski definition) is 1. The minimum atomic E-state index is -1.29. The molecule has 0 spiro atoms. The maximum Gasteiger partial charge on any atom is 0.0811 e. The Morgan fingerprint density at radius 3 is 2.17 bits per heavy atom. The molecule has 0 amide bonds. The number of unbranched alkanes of at least 4 members (excludes halogenated alkanes) is 1. The third-order valence-electron chi connectivity index (χ3n) is 2.63. The average Bonchev–Trinajstić information content (AvgIpc) is 2.00.